The summed E-state index contributed by atoms with van der Waals surface area (Å²) in [4.78, 5) is 12.9. The Kier molecular flexibility index (Phi) is 4.25. The Bertz CT molecular complexity index is 333. The van der Waals surface area contributed by atoms with Crippen LogP contribution in [0.15, 0.2) is 0 Å². The van der Waals surface area contributed by atoms with Crippen molar-refractivity contribution >= 4 is 23.1 Å². The molecular weight excluding hydrogens is 244 g/mol. The molecule has 102 valence electrons. The van der Waals surface area contributed by atoms with E-state index in [0.29, 0.717) is 11.0 Å². The van der Waals surface area contributed by atoms with E-state index in [1.165, 1.54) is 12.8 Å². The third kappa shape index (κ3) is 2.85. The molecule has 3 N–H and O–H groups in total. The topological polar surface area (TPSA) is 55.1 Å². The lowest BCUT2D eigenvalue weighted by Gasteiger charge is -2.29. The molecule has 0 heterocycles. The summed E-state index contributed by atoms with van der Waals surface area (Å²) in [6.07, 6.45) is 8.54. The van der Waals surface area contributed by atoms with Gasteiger partial charge in [-0.3, -0.25) is 4.79 Å². The molecule has 3 nitrogen and oxygen atoms in total. The van der Waals surface area contributed by atoms with Crippen molar-refractivity contribution in [2.45, 2.75) is 64.3 Å². The molecule has 4 heteroatoms. The minimum atomic E-state index is -0.549. The Morgan fingerprint density at radius 1 is 1.44 bits per heavy atom. The molecule has 1 unspecified atom stereocenters. The Labute approximate surface area is 115 Å². The highest BCUT2D eigenvalue weighted by atomic mass is 32.1. The molecule has 1 amide bonds. The number of amides is 1. The van der Waals surface area contributed by atoms with Gasteiger partial charge in [0.2, 0.25) is 5.91 Å². The highest BCUT2D eigenvalue weighted by Crippen LogP contribution is 2.39. The van der Waals surface area contributed by atoms with Crippen molar-refractivity contribution in [3.8, 4) is 0 Å². The van der Waals surface area contributed by atoms with Crippen LogP contribution in [0.2, 0.25) is 0 Å². The Hall–Kier alpha value is -0.640. The van der Waals surface area contributed by atoms with Gasteiger partial charge >= 0.3 is 0 Å². The van der Waals surface area contributed by atoms with Crippen LogP contribution in [0.3, 0.4) is 0 Å². The summed E-state index contributed by atoms with van der Waals surface area (Å²) in [5.41, 5.74) is 5.29. The van der Waals surface area contributed by atoms with Crippen LogP contribution in [0.25, 0.3) is 0 Å². The van der Waals surface area contributed by atoms with Crippen molar-refractivity contribution in [1.29, 1.82) is 0 Å². The van der Waals surface area contributed by atoms with E-state index in [1.54, 1.807) is 0 Å². The number of thiocarbonyl (C=S) groups is 1. The zero-order valence-corrected chi connectivity index (χ0v) is 12.0. The van der Waals surface area contributed by atoms with Gasteiger partial charge in [-0.2, -0.15) is 0 Å². The standard InChI is InChI=1S/C14H24N2OS/c1-2-11(9-10-5-6-10)16-13(17)14(12(15)18)7-3-4-8-14/h10-11H,2-9H2,1H3,(H2,15,18)(H,16,17). The third-order valence-corrected chi connectivity index (χ3v) is 4.90. The molecule has 18 heavy (non-hydrogen) atoms. The lowest BCUT2D eigenvalue weighted by molar-refractivity contribution is -0.128. The number of nitrogens with two attached hydrogens (primary N) is 1. The molecule has 2 saturated carbocycles. The van der Waals surface area contributed by atoms with Crippen molar-refractivity contribution in [3.63, 3.8) is 0 Å². The third-order valence-electron chi connectivity index (χ3n) is 4.51. The number of rotatable bonds is 6. The van der Waals surface area contributed by atoms with Gasteiger partial charge < -0.3 is 11.1 Å². The minimum absolute atomic E-state index is 0.0833. The van der Waals surface area contributed by atoms with Crippen LogP contribution in [0.4, 0.5) is 0 Å². The van der Waals surface area contributed by atoms with Crippen LogP contribution in [0.5, 0.6) is 0 Å². The largest absolute Gasteiger partial charge is 0.392 e. The van der Waals surface area contributed by atoms with E-state index < -0.39 is 5.41 Å². The van der Waals surface area contributed by atoms with Crippen LogP contribution < -0.4 is 11.1 Å². The molecule has 1 atom stereocenters. The van der Waals surface area contributed by atoms with E-state index in [1.807, 2.05) is 0 Å². The molecule has 0 aromatic rings. The molecule has 0 saturated heterocycles. The van der Waals surface area contributed by atoms with E-state index in [-0.39, 0.29) is 5.91 Å². The van der Waals surface area contributed by atoms with E-state index >= 15 is 0 Å². The highest BCUT2D eigenvalue weighted by molar-refractivity contribution is 7.80. The van der Waals surface area contributed by atoms with Crippen molar-refractivity contribution in [2.75, 3.05) is 0 Å². The number of nitrogens with one attached hydrogen (secondary N) is 1. The maximum atomic E-state index is 12.5. The number of carbonyl (C=O) groups excluding carboxylic acids is 1. The molecule has 0 aliphatic heterocycles. The minimum Gasteiger partial charge on any atom is -0.392 e. The second kappa shape index (κ2) is 5.55. The zero-order chi connectivity index (χ0) is 13.2. The summed E-state index contributed by atoms with van der Waals surface area (Å²) in [6, 6.07) is 0.303. The fourth-order valence-corrected chi connectivity index (χ4v) is 3.27. The van der Waals surface area contributed by atoms with Gasteiger partial charge in [0, 0.05) is 6.04 Å². The van der Waals surface area contributed by atoms with Crippen LogP contribution in [-0.2, 0) is 4.79 Å². The Morgan fingerprint density at radius 2 is 2.06 bits per heavy atom. The monoisotopic (exact) mass is 268 g/mol. The maximum Gasteiger partial charge on any atom is 0.233 e. The predicted molar refractivity (Wildman–Crippen MR) is 77.2 cm³/mol. The number of hydrogen-bond acceptors (Lipinski definition) is 2. The summed E-state index contributed by atoms with van der Waals surface area (Å²) in [5.74, 6) is 0.916. The highest BCUT2D eigenvalue weighted by Gasteiger charge is 2.44. The summed E-state index contributed by atoms with van der Waals surface area (Å²) in [5, 5.41) is 3.20. The van der Waals surface area contributed by atoms with Gasteiger partial charge in [0.05, 0.1) is 10.4 Å². The van der Waals surface area contributed by atoms with Crippen LogP contribution in [0, 0.1) is 11.3 Å². The smallest absolute Gasteiger partial charge is 0.233 e. The lowest BCUT2D eigenvalue weighted by Crippen LogP contribution is -2.50. The number of carbonyl (C=O) groups is 1. The van der Waals surface area contributed by atoms with E-state index in [4.69, 9.17) is 18.0 Å². The quantitative estimate of drug-likeness (QED) is 0.728. The van der Waals surface area contributed by atoms with Crippen LogP contribution in [0.1, 0.15) is 58.3 Å². The average Bonchev–Trinajstić information content (AvgIpc) is 3.00. The molecular formula is C14H24N2OS. The zero-order valence-electron chi connectivity index (χ0n) is 11.2. The number of hydrogen-bond donors (Lipinski definition) is 2. The molecule has 2 aliphatic carbocycles. The van der Waals surface area contributed by atoms with Crippen LogP contribution in [-0.4, -0.2) is 16.9 Å². The average molecular weight is 268 g/mol. The van der Waals surface area contributed by atoms with Crippen molar-refractivity contribution in [1.82, 2.24) is 5.32 Å². The molecule has 2 aliphatic rings. The van der Waals surface area contributed by atoms with Crippen LogP contribution >= 0.6 is 12.2 Å². The first-order valence-corrected chi connectivity index (χ1v) is 7.60. The van der Waals surface area contributed by atoms with Gasteiger partial charge in [0.1, 0.15) is 0 Å². The summed E-state index contributed by atoms with van der Waals surface area (Å²) in [7, 11) is 0. The van der Waals surface area contributed by atoms with Gasteiger partial charge in [0.25, 0.3) is 0 Å². The molecule has 2 rings (SSSR count). The lowest BCUT2D eigenvalue weighted by atomic mass is 9.84. The summed E-state index contributed by atoms with van der Waals surface area (Å²) < 4.78 is 0. The second-order valence-electron chi connectivity index (χ2n) is 5.91. The summed E-state index contributed by atoms with van der Waals surface area (Å²) >= 11 is 5.15. The van der Waals surface area contributed by atoms with Crippen molar-refractivity contribution < 1.29 is 4.79 Å². The van der Waals surface area contributed by atoms with Gasteiger partial charge in [-0.05, 0) is 31.6 Å². The molecule has 0 bridgehead atoms. The van der Waals surface area contributed by atoms with E-state index in [0.717, 1.165) is 44.4 Å². The van der Waals surface area contributed by atoms with E-state index in [2.05, 4.69) is 12.2 Å². The summed E-state index contributed by atoms with van der Waals surface area (Å²) in [6.45, 7) is 2.13. The second-order valence-corrected chi connectivity index (χ2v) is 6.35. The molecule has 0 radical (unpaired) electrons. The van der Waals surface area contributed by atoms with Crippen molar-refractivity contribution in [3.05, 3.63) is 0 Å². The first-order chi connectivity index (χ1) is 8.58. The van der Waals surface area contributed by atoms with Gasteiger partial charge in [-0.1, -0.05) is 44.8 Å². The molecule has 0 spiro atoms. The normalized spacial score (nSPS) is 23.6. The first kappa shape index (κ1) is 13.8. The predicted octanol–water partition coefficient (Wildman–Crippen LogP) is 2.53. The van der Waals surface area contributed by atoms with Gasteiger partial charge in [-0.25, -0.2) is 0 Å². The fourth-order valence-electron chi connectivity index (χ4n) is 2.97. The molecule has 0 aromatic carbocycles. The van der Waals surface area contributed by atoms with Gasteiger partial charge in [0.15, 0.2) is 0 Å². The Morgan fingerprint density at radius 3 is 2.50 bits per heavy atom. The van der Waals surface area contributed by atoms with E-state index in [9.17, 15) is 4.79 Å². The molecule has 2 fully saturated rings. The fraction of sp³-hybridized carbons (Fsp3) is 0.857. The van der Waals surface area contributed by atoms with Gasteiger partial charge in [-0.15, -0.1) is 0 Å². The maximum absolute atomic E-state index is 12.5. The Balaban J connectivity index is 1.97. The first-order valence-electron chi connectivity index (χ1n) is 7.19. The van der Waals surface area contributed by atoms with Crippen molar-refractivity contribution in [2.24, 2.45) is 17.1 Å². The molecule has 0 aromatic heterocycles. The SMILES string of the molecule is CCC(CC1CC1)NC(=O)C1(C(N)=S)CCCC1.